The van der Waals surface area contributed by atoms with Gasteiger partial charge in [0.05, 0.1) is 13.2 Å². The molecule has 2 aliphatic heterocycles. The van der Waals surface area contributed by atoms with Gasteiger partial charge in [0, 0.05) is 7.11 Å². The molecule has 0 radical (unpaired) electrons. The highest BCUT2D eigenvalue weighted by atomic mass is 16.7. The van der Waals surface area contributed by atoms with Crippen molar-refractivity contribution >= 4 is 0 Å². The molecule has 0 aromatic rings. The molecular weight excluding hydrogens is 332 g/mol. The molecule has 2 saturated heterocycles. The molecule has 0 saturated carbocycles. The number of hydrogen-bond donors (Lipinski definition) is 7. The van der Waals surface area contributed by atoms with E-state index >= 15 is 0 Å². The number of methoxy groups -OCH3 is 1. The van der Waals surface area contributed by atoms with Crippen LogP contribution in [0.3, 0.4) is 0 Å². The Morgan fingerprint density at radius 1 is 0.792 bits per heavy atom. The molecule has 10 atom stereocenters. The van der Waals surface area contributed by atoms with Crippen LogP contribution in [0.5, 0.6) is 0 Å². The molecule has 0 aromatic carbocycles. The number of aliphatic hydroxyl groups is 7. The van der Waals surface area contributed by atoms with Gasteiger partial charge in [0.2, 0.25) is 0 Å². The van der Waals surface area contributed by atoms with E-state index in [9.17, 15) is 30.6 Å². The van der Waals surface area contributed by atoms with E-state index in [0.29, 0.717) is 0 Å². The predicted molar refractivity (Wildman–Crippen MR) is 73.4 cm³/mol. The first-order valence-electron chi connectivity index (χ1n) is 7.46. The molecule has 0 aromatic heterocycles. The minimum absolute atomic E-state index is 0.408. The SMILES string of the molecule is CO[C@H]1[C@@H](O)[C@H](O)[C@@H](CO[C@H]2O[C@H](CO)[C@@H](O)[C@H](O)[C@@H]2O)O[C@@H]1O. The van der Waals surface area contributed by atoms with E-state index in [0.717, 1.165) is 0 Å². The van der Waals surface area contributed by atoms with Crippen molar-refractivity contribution in [1.82, 2.24) is 0 Å². The van der Waals surface area contributed by atoms with Crippen LogP contribution < -0.4 is 0 Å². The predicted octanol–water partition coefficient (Wildman–Crippen LogP) is -4.74. The minimum atomic E-state index is -1.61. The average molecular weight is 356 g/mol. The summed E-state index contributed by atoms with van der Waals surface area (Å²) in [4.78, 5) is 0. The zero-order chi connectivity index (χ0) is 18.0. The van der Waals surface area contributed by atoms with Crippen molar-refractivity contribution in [3.8, 4) is 0 Å². The Balaban J connectivity index is 1.94. The molecule has 0 unspecified atom stereocenters. The Morgan fingerprint density at radius 3 is 2.00 bits per heavy atom. The van der Waals surface area contributed by atoms with Gasteiger partial charge in [0.25, 0.3) is 0 Å². The van der Waals surface area contributed by atoms with Crippen LogP contribution in [0, 0.1) is 0 Å². The van der Waals surface area contributed by atoms with E-state index in [1.807, 2.05) is 0 Å². The fourth-order valence-electron chi connectivity index (χ4n) is 2.71. The summed E-state index contributed by atoms with van der Waals surface area (Å²) in [5.74, 6) is 0. The lowest BCUT2D eigenvalue weighted by Gasteiger charge is -2.42. The van der Waals surface area contributed by atoms with Crippen LogP contribution in [0.15, 0.2) is 0 Å². The summed E-state index contributed by atoms with van der Waals surface area (Å²) in [5, 5.41) is 67.8. The summed E-state index contributed by atoms with van der Waals surface area (Å²) in [5.41, 5.74) is 0. The second-order valence-electron chi connectivity index (χ2n) is 5.78. The van der Waals surface area contributed by atoms with Gasteiger partial charge in [-0.2, -0.15) is 0 Å². The molecular formula is C13H24O11. The summed E-state index contributed by atoms with van der Waals surface area (Å²) in [6, 6.07) is 0. The minimum Gasteiger partial charge on any atom is -0.394 e. The zero-order valence-electron chi connectivity index (χ0n) is 13.0. The van der Waals surface area contributed by atoms with Crippen molar-refractivity contribution in [2.45, 2.75) is 61.4 Å². The smallest absolute Gasteiger partial charge is 0.186 e. The Hall–Kier alpha value is -0.440. The molecule has 0 spiro atoms. The first kappa shape index (κ1) is 19.9. The molecule has 2 heterocycles. The zero-order valence-corrected chi connectivity index (χ0v) is 13.0. The van der Waals surface area contributed by atoms with Crippen molar-refractivity contribution in [2.24, 2.45) is 0 Å². The summed E-state index contributed by atoms with van der Waals surface area (Å²) in [7, 11) is 1.23. The fraction of sp³-hybridized carbons (Fsp3) is 1.00. The third-order valence-electron chi connectivity index (χ3n) is 4.21. The van der Waals surface area contributed by atoms with E-state index < -0.39 is 74.6 Å². The molecule has 24 heavy (non-hydrogen) atoms. The van der Waals surface area contributed by atoms with Crippen LogP contribution in [0.25, 0.3) is 0 Å². The average Bonchev–Trinajstić information content (AvgIpc) is 2.56. The fourth-order valence-corrected chi connectivity index (χ4v) is 2.71. The maximum Gasteiger partial charge on any atom is 0.186 e. The first-order chi connectivity index (χ1) is 11.3. The highest BCUT2D eigenvalue weighted by Crippen LogP contribution is 2.25. The Labute approximate surface area is 137 Å². The van der Waals surface area contributed by atoms with Crippen LogP contribution in [0.2, 0.25) is 0 Å². The van der Waals surface area contributed by atoms with Crippen LogP contribution in [0.1, 0.15) is 0 Å². The van der Waals surface area contributed by atoms with Crippen LogP contribution in [-0.2, 0) is 18.9 Å². The van der Waals surface area contributed by atoms with Crippen molar-refractivity contribution in [2.75, 3.05) is 20.3 Å². The van der Waals surface area contributed by atoms with Crippen molar-refractivity contribution in [3.63, 3.8) is 0 Å². The van der Waals surface area contributed by atoms with Crippen molar-refractivity contribution < 1.29 is 54.7 Å². The summed E-state index contributed by atoms with van der Waals surface area (Å²) >= 11 is 0. The molecule has 11 nitrogen and oxygen atoms in total. The summed E-state index contributed by atoms with van der Waals surface area (Å²) < 4.78 is 20.3. The van der Waals surface area contributed by atoms with Gasteiger partial charge in [-0.05, 0) is 0 Å². The Kier molecular flexibility index (Phi) is 6.87. The third-order valence-corrected chi connectivity index (χ3v) is 4.21. The molecule has 2 fully saturated rings. The number of ether oxygens (including phenoxy) is 4. The largest absolute Gasteiger partial charge is 0.394 e. The van der Waals surface area contributed by atoms with Crippen LogP contribution in [0.4, 0.5) is 0 Å². The van der Waals surface area contributed by atoms with Crippen molar-refractivity contribution in [3.05, 3.63) is 0 Å². The topological polar surface area (TPSA) is 179 Å². The Morgan fingerprint density at radius 2 is 1.42 bits per heavy atom. The molecule has 0 amide bonds. The van der Waals surface area contributed by atoms with Gasteiger partial charge in [-0.25, -0.2) is 0 Å². The molecule has 0 aliphatic carbocycles. The van der Waals surface area contributed by atoms with Gasteiger partial charge in [-0.1, -0.05) is 0 Å². The normalized spacial score (nSPS) is 50.0. The van der Waals surface area contributed by atoms with Crippen LogP contribution >= 0.6 is 0 Å². The van der Waals surface area contributed by atoms with E-state index in [1.165, 1.54) is 7.11 Å². The highest BCUT2D eigenvalue weighted by Gasteiger charge is 2.47. The van der Waals surface area contributed by atoms with Gasteiger partial charge in [-0.3, -0.25) is 0 Å². The van der Waals surface area contributed by atoms with Crippen molar-refractivity contribution in [1.29, 1.82) is 0 Å². The second-order valence-corrected chi connectivity index (χ2v) is 5.78. The Bertz CT molecular complexity index is 394. The number of aliphatic hydroxyl groups excluding tert-OH is 7. The number of rotatable bonds is 5. The second kappa shape index (κ2) is 8.29. The van der Waals surface area contributed by atoms with Crippen LogP contribution in [-0.4, -0.2) is 117 Å². The third kappa shape index (κ3) is 3.86. The molecule has 0 bridgehead atoms. The molecule has 142 valence electrons. The van der Waals surface area contributed by atoms with E-state index in [4.69, 9.17) is 24.1 Å². The van der Waals surface area contributed by atoms with Gasteiger partial charge >= 0.3 is 0 Å². The lowest BCUT2D eigenvalue weighted by Crippen LogP contribution is -2.61. The van der Waals surface area contributed by atoms with Gasteiger partial charge in [0.1, 0.15) is 48.8 Å². The number of hydrogen-bond acceptors (Lipinski definition) is 11. The highest BCUT2D eigenvalue weighted by molar-refractivity contribution is 4.91. The maximum absolute atomic E-state index is 9.97. The maximum atomic E-state index is 9.97. The monoisotopic (exact) mass is 356 g/mol. The molecule has 7 N–H and O–H groups in total. The molecule has 2 aliphatic rings. The standard InChI is InChI=1S/C13H24O11/c1-21-11-9(18)7(16)5(23-12(11)20)3-22-13-10(19)8(17)6(15)4(2-14)24-13/h4-20H,2-3H2,1H3/t4-,5-,6-,7-,8+,9+,10+,11+,12+,13+/m1/s1. The van der Waals surface area contributed by atoms with E-state index in [-0.39, 0.29) is 0 Å². The quantitative estimate of drug-likeness (QED) is 0.251. The van der Waals surface area contributed by atoms with E-state index in [1.54, 1.807) is 0 Å². The van der Waals surface area contributed by atoms with E-state index in [2.05, 4.69) is 0 Å². The lowest BCUT2D eigenvalue weighted by molar-refractivity contribution is -0.327. The van der Waals surface area contributed by atoms with Gasteiger partial charge in [0.15, 0.2) is 12.6 Å². The van der Waals surface area contributed by atoms with Gasteiger partial charge < -0.3 is 54.7 Å². The van der Waals surface area contributed by atoms with Gasteiger partial charge in [-0.15, -0.1) is 0 Å². The summed E-state index contributed by atoms with van der Waals surface area (Å²) in [6.45, 7) is -1.02. The lowest BCUT2D eigenvalue weighted by atomic mass is 9.98. The first-order valence-corrected chi connectivity index (χ1v) is 7.46. The molecule has 2 rings (SSSR count). The summed E-state index contributed by atoms with van der Waals surface area (Å²) in [6.07, 6.45) is -13.9. The molecule has 11 heteroatoms.